The maximum atomic E-state index is 5.65. The van der Waals surface area contributed by atoms with Gasteiger partial charge in [-0.25, -0.2) is 0 Å². The zero-order valence-corrected chi connectivity index (χ0v) is 14.8. The second kappa shape index (κ2) is 9.96. The molecule has 2 rings (SSSR count). The molecule has 2 aromatic rings. The van der Waals surface area contributed by atoms with Crippen LogP contribution in [0.3, 0.4) is 0 Å². The Hall–Kier alpha value is -2.04. The van der Waals surface area contributed by atoms with Gasteiger partial charge >= 0.3 is 0 Å². The summed E-state index contributed by atoms with van der Waals surface area (Å²) in [5.74, 6) is 1.82. The Labute approximate surface area is 145 Å². The number of nitrogens with one attached hydrogen (secondary N) is 2. The molecular weight excluding hydrogens is 300 g/mol. The van der Waals surface area contributed by atoms with Crippen LogP contribution in [0.4, 0.5) is 0 Å². The average molecular weight is 328 g/mol. The van der Waals surface area contributed by atoms with Gasteiger partial charge in [0.25, 0.3) is 0 Å². The summed E-state index contributed by atoms with van der Waals surface area (Å²) in [6.45, 7) is 7.67. The highest BCUT2D eigenvalue weighted by atomic mass is 16.5. The molecule has 0 aromatic heterocycles. The van der Waals surface area contributed by atoms with Gasteiger partial charge in [-0.05, 0) is 49.2 Å². The topological polar surface area (TPSA) is 42.5 Å². The van der Waals surface area contributed by atoms with E-state index in [2.05, 4.69) is 34.9 Å². The predicted octanol–water partition coefficient (Wildman–Crippen LogP) is 3.36. The van der Waals surface area contributed by atoms with E-state index in [-0.39, 0.29) is 6.10 Å². The molecule has 0 unspecified atom stereocenters. The molecule has 0 aliphatic rings. The Morgan fingerprint density at radius 3 is 1.62 bits per heavy atom. The molecule has 0 amide bonds. The summed E-state index contributed by atoms with van der Waals surface area (Å²) in [6, 6.07) is 16.4. The molecule has 0 spiro atoms. The van der Waals surface area contributed by atoms with Gasteiger partial charge in [0.2, 0.25) is 0 Å². The minimum absolute atomic E-state index is 0.214. The molecule has 0 aliphatic carbocycles. The number of rotatable bonds is 10. The van der Waals surface area contributed by atoms with Gasteiger partial charge in [-0.15, -0.1) is 0 Å². The highest BCUT2D eigenvalue weighted by Gasteiger charge is 1.98. The molecule has 0 bridgehead atoms. The van der Waals surface area contributed by atoms with Crippen LogP contribution in [0.5, 0.6) is 11.5 Å². The lowest BCUT2D eigenvalue weighted by Gasteiger charge is -2.11. The molecule has 24 heavy (non-hydrogen) atoms. The van der Waals surface area contributed by atoms with Crippen molar-refractivity contribution >= 4 is 0 Å². The van der Waals surface area contributed by atoms with Crippen molar-refractivity contribution in [2.75, 3.05) is 20.2 Å². The first-order valence-corrected chi connectivity index (χ1v) is 8.47. The first kappa shape index (κ1) is 18.3. The lowest BCUT2D eigenvalue weighted by molar-refractivity contribution is 0.242. The third-order valence-corrected chi connectivity index (χ3v) is 3.59. The van der Waals surface area contributed by atoms with Gasteiger partial charge in [0, 0.05) is 26.2 Å². The van der Waals surface area contributed by atoms with Crippen LogP contribution in [0.25, 0.3) is 0 Å². The van der Waals surface area contributed by atoms with Crippen molar-refractivity contribution in [1.29, 1.82) is 0 Å². The van der Waals surface area contributed by atoms with Crippen LogP contribution >= 0.6 is 0 Å². The van der Waals surface area contributed by atoms with Crippen molar-refractivity contribution in [2.24, 2.45) is 0 Å². The summed E-state index contributed by atoms with van der Waals surface area (Å²) in [5, 5.41) is 6.88. The summed E-state index contributed by atoms with van der Waals surface area (Å²) in [5.41, 5.74) is 2.53. The first-order valence-electron chi connectivity index (χ1n) is 8.47. The van der Waals surface area contributed by atoms with Crippen LogP contribution in [-0.2, 0) is 13.1 Å². The molecule has 0 fully saturated rings. The lowest BCUT2D eigenvalue weighted by Crippen LogP contribution is -2.26. The molecule has 0 saturated heterocycles. The number of hydrogen-bond acceptors (Lipinski definition) is 4. The standard InChI is InChI=1S/C20H28N2O2/c1-16(2)24-20-10-6-18(7-11-20)15-22-13-12-21-14-17-4-8-19(23-3)9-5-17/h4-11,16,21-22H,12-15H2,1-3H3. The molecule has 0 heterocycles. The zero-order valence-electron chi connectivity index (χ0n) is 14.8. The Morgan fingerprint density at radius 1 is 0.750 bits per heavy atom. The second-order valence-corrected chi connectivity index (χ2v) is 6.01. The fourth-order valence-corrected chi connectivity index (χ4v) is 2.34. The molecule has 0 atom stereocenters. The van der Waals surface area contributed by atoms with E-state index >= 15 is 0 Å². The summed E-state index contributed by atoms with van der Waals surface area (Å²) in [7, 11) is 1.68. The van der Waals surface area contributed by atoms with Crippen molar-refractivity contribution in [1.82, 2.24) is 10.6 Å². The number of hydrogen-bond donors (Lipinski definition) is 2. The van der Waals surface area contributed by atoms with E-state index in [1.165, 1.54) is 11.1 Å². The van der Waals surface area contributed by atoms with Crippen LogP contribution in [0.1, 0.15) is 25.0 Å². The molecule has 4 nitrogen and oxygen atoms in total. The van der Waals surface area contributed by atoms with E-state index in [0.29, 0.717) is 0 Å². The maximum Gasteiger partial charge on any atom is 0.119 e. The van der Waals surface area contributed by atoms with E-state index in [1.54, 1.807) is 7.11 Å². The van der Waals surface area contributed by atoms with E-state index in [0.717, 1.165) is 37.7 Å². The minimum atomic E-state index is 0.214. The van der Waals surface area contributed by atoms with Crippen LogP contribution in [0, 0.1) is 0 Å². The zero-order chi connectivity index (χ0) is 17.2. The van der Waals surface area contributed by atoms with Crippen LogP contribution in [-0.4, -0.2) is 26.3 Å². The molecule has 4 heteroatoms. The summed E-state index contributed by atoms with van der Waals surface area (Å²) in [6.07, 6.45) is 0.214. The van der Waals surface area contributed by atoms with E-state index in [4.69, 9.17) is 9.47 Å². The maximum absolute atomic E-state index is 5.65. The summed E-state index contributed by atoms with van der Waals surface area (Å²) >= 11 is 0. The predicted molar refractivity (Wildman–Crippen MR) is 98.6 cm³/mol. The highest BCUT2D eigenvalue weighted by molar-refractivity contribution is 5.28. The monoisotopic (exact) mass is 328 g/mol. The van der Waals surface area contributed by atoms with Gasteiger partial charge in [0.1, 0.15) is 11.5 Å². The Bertz CT molecular complexity index is 580. The van der Waals surface area contributed by atoms with Crippen molar-refractivity contribution in [2.45, 2.75) is 33.0 Å². The van der Waals surface area contributed by atoms with Crippen LogP contribution in [0.2, 0.25) is 0 Å². The van der Waals surface area contributed by atoms with Gasteiger partial charge < -0.3 is 20.1 Å². The normalized spacial score (nSPS) is 10.8. The van der Waals surface area contributed by atoms with Crippen LogP contribution < -0.4 is 20.1 Å². The Balaban J connectivity index is 1.59. The molecule has 0 aliphatic heterocycles. The number of benzene rings is 2. The second-order valence-electron chi connectivity index (χ2n) is 6.01. The van der Waals surface area contributed by atoms with Gasteiger partial charge in [-0.2, -0.15) is 0 Å². The largest absolute Gasteiger partial charge is 0.497 e. The van der Waals surface area contributed by atoms with Gasteiger partial charge in [-0.3, -0.25) is 0 Å². The Morgan fingerprint density at radius 2 is 1.21 bits per heavy atom. The smallest absolute Gasteiger partial charge is 0.119 e. The van der Waals surface area contributed by atoms with Gasteiger partial charge in [-0.1, -0.05) is 24.3 Å². The van der Waals surface area contributed by atoms with E-state index < -0.39 is 0 Å². The van der Waals surface area contributed by atoms with Crippen LogP contribution in [0.15, 0.2) is 48.5 Å². The van der Waals surface area contributed by atoms with Gasteiger partial charge in [0.05, 0.1) is 13.2 Å². The van der Waals surface area contributed by atoms with Crippen molar-refractivity contribution in [3.63, 3.8) is 0 Å². The molecule has 2 aromatic carbocycles. The van der Waals surface area contributed by atoms with E-state index in [1.807, 2.05) is 38.1 Å². The van der Waals surface area contributed by atoms with Crippen molar-refractivity contribution in [3.8, 4) is 11.5 Å². The first-order chi connectivity index (χ1) is 11.7. The number of methoxy groups -OCH3 is 1. The Kier molecular flexibility index (Phi) is 7.59. The molecular formula is C20H28N2O2. The van der Waals surface area contributed by atoms with Crippen molar-refractivity contribution in [3.05, 3.63) is 59.7 Å². The fraction of sp³-hybridized carbons (Fsp3) is 0.400. The SMILES string of the molecule is COc1ccc(CNCCNCc2ccc(OC(C)C)cc2)cc1. The minimum Gasteiger partial charge on any atom is -0.497 e. The highest BCUT2D eigenvalue weighted by Crippen LogP contribution is 2.13. The fourth-order valence-electron chi connectivity index (χ4n) is 2.34. The molecule has 130 valence electrons. The number of ether oxygens (including phenoxy) is 2. The van der Waals surface area contributed by atoms with E-state index in [9.17, 15) is 0 Å². The van der Waals surface area contributed by atoms with Crippen molar-refractivity contribution < 1.29 is 9.47 Å². The summed E-state index contributed by atoms with van der Waals surface area (Å²) < 4.78 is 10.8. The third kappa shape index (κ3) is 6.60. The summed E-state index contributed by atoms with van der Waals surface area (Å²) in [4.78, 5) is 0. The molecule has 0 saturated carbocycles. The molecule has 2 N–H and O–H groups in total. The lowest BCUT2D eigenvalue weighted by atomic mass is 10.2. The molecule has 0 radical (unpaired) electrons. The average Bonchev–Trinajstić information content (AvgIpc) is 2.59. The third-order valence-electron chi connectivity index (χ3n) is 3.59. The van der Waals surface area contributed by atoms with Gasteiger partial charge in [0.15, 0.2) is 0 Å². The quantitative estimate of drug-likeness (QED) is 0.656.